The Bertz CT molecular complexity index is 599. The lowest BCUT2D eigenvalue weighted by Gasteiger charge is -2.18. The fraction of sp³-hybridized carbons (Fsp3) is 0.250. The van der Waals surface area contributed by atoms with E-state index < -0.39 is 6.04 Å². The summed E-state index contributed by atoms with van der Waals surface area (Å²) in [6, 6.07) is 12.0. The lowest BCUT2D eigenvalue weighted by atomic mass is 10.1. The Hall–Kier alpha value is -2.18. The molecule has 2 N–H and O–H groups in total. The predicted octanol–water partition coefficient (Wildman–Crippen LogP) is 1.98. The van der Waals surface area contributed by atoms with Crippen molar-refractivity contribution < 1.29 is 14.3 Å². The minimum Gasteiger partial charge on any atom is -0.383 e. The molecule has 2 amide bonds. The number of amides is 2. The van der Waals surface area contributed by atoms with E-state index in [0.29, 0.717) is 18.0 Å². The first kappa shape index (κ1) is 16.2. The quantitative estimate of drug-likeness (QED) is 0.767. The molecule has 6 heteroatoms. The smallest absolute Gasteiger partial charge is 0.262 e. The number of hydrogen-bond acceptors (Lipinski definition) is 4. The summed E-state index contributed by atoms with van der Waals surface area (Å²) in [6.45, 7) is 0.819. The summed E-state index contributed by atoms with van der Waals surface area (Å²) in [5, 5.41) is 7.36. The summed E-state index contributed by atoms with van der Waals surface area (Å²) >= 11 is 1.34. The molecule has 0 aliphatic heterocycles. The molecule has 0 spiro atoms. The van der Waals surface area contributed by atoms with E-state index in [0.717, 1.165) is 5.56 Å². The van der Waals surface area contributed by atoms with E-state index >= 15 is 0 Å². The Morgan fingerprint density at radius 2 is 1.95 bits per heavy atom. The summed E-state index contributed by atoms with van der Waals surface area (Å²) in [5.74, 6) is -0.515. The number of methoxy groups -OCH3 is 1. The van der Waals surface area contributed by atoms with Crippen LogP contribution >= 0.6 is 11.3 Å². The summed E-state index contributed by atoms with van der Waals surface area (Å²) in [6.07, 6.45) is 0. The predicted molar refractivity (Wildman–Crippen MR) is 85.9 cm³/mol. The van der Waals surface area contributed by atoms with Crippen LogP contribution in [0, 0.1) is 0 Å². The summed E-state index contributed by atoms with van der Waals surface area (Å²) in [7, 11) is 1.57. The monoisotopic (exact) mass is 318 g/mol. The van der Waals surface area contributed by atoms with Crippen LogP contribution in [0.5, 0.6) is 0 Å². The van der Waals surface area contributed by atoms with Crippen LogP contribution in [0.4, 0.5) is 0 Å². The fourth-order valence-corrected chi connectivity index (χ4v) is 2.56. The summed E-state index contributed by atoms with van der Waals surface area (Å²) in [5.41, 5.74) is 0.738. The number of benzene rings is 1. The van der Waals surface area contributed by atoms with E-state index in [1.807, 2.05) is 35.7 Å². The highest BCUT2D eigenvalue weighted by Gasteiger charge is 2.23. The van der Waals surface area contributed by atoms with Gasteiger partial charge in [-0.1, -0.05) is 36.4 Å². The molecule has 0 bridgehead atoms. The van der Waals surface area contributed by atoms with E-state index in [1.54, 1.807) is 19.2 Å². The molecule has 0 aliphatic carbocycles. The van der Waals surface area contributed by atoms with Gasteiger partial charge in [-0.05, 0) is 17.0 Å². The molecule has 1 aromatic carbocycles. The first-order valence-electron chi connectivity index (χ1n) is 6.88. The van der Waals surface area contributed by atoms with Crippen molar-refractivity contribution in [3.05, 3.63) is 58.3 Å². The highest BCUT2D eigenvalue weighted by atomic mass is 32.1. The average molecular weight is 318 g/mol. The molecule has 2 rings (SSSR count). The Morgan fingerprint density at radius 3 is 2.59 bits per heavy atom. The second-order valence-electron chi connectivity index (χ2n) is 4.58. The maximum absolute atomic E-state index is 12.3. The molecule has 0 aliphatic rings. The van der Waals surface area contributed by atoms with E-state index in [-0.39, 0.29) is 11.8 Å². The molecule has 1 atom stereocenters. The summed E-state index contributed by atoms with van der Waals surface area (Å²) < 4.78 is 4.92. The Kier molecular flexibility index (Phi) is 6.12. The Morgan fingerprint density at radius 1 is 1.18 bits per heavy atom. The highest BCUT2D eigenvalue weighted by molar-refractivity contribution is 7.12. The van der Waals surface area contributed by atoms with Gasteiger partial charge in [-0.3, -0.25) is 9.59 Å². The first-order chi connectivity index (χ1) is 10.7. The van der Waals surface area contributed by atoms with Crippen LogP contribution in [0.25, 0.3) is 0 Å². The van der Waals surface area contributed by atoms with Gasteiger partial charge >= 0.3 is 0 Å². The molecule has 0 fully saturated rings. The van der Waals surface area contributed by atoms with Crippen LogP contribution < -0.4 is 10.6 Å². The zero-order valence-electron chi connectivity index (χ0n) is 12.2. The molecule has 1 aromatic heterocycles. The summed E-state index contributed by atoms with van der Waals surface area (Å²) in [4.78, 5) is 25.1. The third kappa shape index (κ3) is 4.41. The number of carbonyl (C=O) groups excluding carboxylic acids is 2. The van der Waals surface area contributed by atoms with Gasteiger partial charge in [-0.25, -0.2) is 0 Å². The Labute approximate surface area is 133 Å². The lowest BCUT2D eigenvalue weighted by molar-refractivity contribution is -0.123. The van der Waals surface area contributed by atoms with Crippen molar-refractivity contribution in [1.29, 1.82) is 0 Å². The van der Waals surface area contributed by atoms with Crippen molar-refractivity contribution >= 4 is 23.2 Å². The third-order valence-corrected chi connectivity index (χ3v) is 3.89. The van der Waals surface area contributed by atoms with Gasteiger partial charge in [0.1, 0.15) is 6.04 Å². The SMILES string of the molecule is COCCNC(=O)[C@@H](NC(=O)c1cccs1)c1ccccc1. The molecular weight excluding hydrogens is 300 g/mol. The van der Waals surface area contributed by atoms with Crippen molar-refractivity contribution in [3.63, 3.8) is 0 Å². The van der Waals surface area contributed by atoms with Crippen molar-refractivity contribution in [3.8, 4) is 0 Å². The van der Waals surface area contributed by atoms with Crippen LogP contribution in [-0.4, -0.2) is 32.1 Å². The standard InChI is InChI=1S/C16H18N2O3S/c1-21-10-9-17-16(20)14(12-6-3-2-4-7-12)18-15(19)13-8-5-11-22-13/h2-8,11,14H,9-10H2,1H3,(H,17,20)(H,18,19)/t14-/m0/s1. The van der Waals surface area contributed by atoms with Crippen LogP contribution in [-0.2, 0) is 9.53 Å². The second kappa shape index (κ2) is 8.31. The minimum absolute atomic E-state index is 0.256. The largest absolute Gasteiger partial charge is 0.383 e. The van der Waals surface area contributed by atoms with E-state index in [2.05, 4.69) is 10.6 Å². The molecular formula is C16H18N2O3S. The molecule has 0 saturated carbocycles. The van der Waals surface area contributed by atoms with Crippen LogP contribution in [0.3, 0.4) is 0 Å². The van der Waals surface area contributed by atoms with E-state index in [4.69, 9.17) is 4.74 Å². The van der Waals surface area contributed by atoms with Crippen molar-refractivity contribution in [1.82, 2.24) is 10.6 Å². The van der Waals surface area contributed by atoms with Crippen LogP contribution in [0.2, 0.25) is 0 Å². The number of hydrogen-bond donors (Lipinski definition) is 2. The molecule has 5 nitrogen and oxygen atoms in total. The molecule has 2 aromatic rings. The van der Waals surface area contributed by atoms with Gasteiger partial charge in [-0.2, -0.15) is 0 Å². The van der Waals surface area contributed by atoms with Gasteiger partial charge in [0, 0.05) is 13.7 Å². The molecule has 0 radical (unpaired) electrons. The van der Waals surface area contributed by atoms with E-state index in [1.165, 1.54) is 11.3 Å². The average Bonchev–Trinajstić information content (AvgIpc) is 3.08. The normalized spacial score (nSPS) is 11.7. The second-order valence-corrected chi connectivity index (χ2v) is 5.53. The van der Waals surface area contributed by atoms with E-state index in [9.17, 15) is 9.59 Å². The Balaban J connectivity index is 2.11. The number of nitrogens with one attached hydrogen (secondary N) is 2. The number of ether oxygens (including phenoxy) is 1. The van der Waals surface area contributed by atoms with Crippen LogP contribution in [0.1, 0.15) is 21.3 Å². The third-order valence-electron chi connectivity index (χ3n) is 3.02. The van der Waals surface area contributed by atoms with Gasteiger partial charge in [-0.15, -0.1) is 11.3 Å². The molecule has 116 valence electrons. The number of thiophene rings is 1. The maximum atomic E-state index is 12.3. The zero-order chi connectivity index (χ0) is 15.8. The fourth-order valence-electron chi connectivity index (χ4n) is 1.93. The highest BCUT2D eigenvalue weighted by Crippen LogP contribution is 2.15. The lowest BCUT2D eigenvalue weighted by Crippen LogP contribution is -2.41. The van der Waals surface area contributed by atoms with Gasteiger partial charge in [0.2, 0.25) is 5.91 Å². The number of rotatable bonds is 7. The maximum Gasteiger partial charge on any atom is 0.262 e. The van der Waals surface area contributed by atoms with Crippen molar-refractivity contribution in [2.24, 2.45) is 0 Å². The van der Waals surface area contributed by atoms with Crippen LogP contribution in [0.15, 0.2) is 47.8 Å². The van der Waals surface area contributed by atoms with Gasteiger partial charge in [0.15, 0.2) is 0 Å². The van der Waals surface area contributed by atoms with Gasteiger partial charge < -0.3 is 15.4 Å². The molecule has 0 saturated heterocycles. The zero-order valence-corrected chi connectivity index (χ0v) is 13.1. The van der Waals surface area contributed by atoms with Gasteiger partial charge in [0.25, 0.3) is 5.91 Å². The minimum atomic E-state index is -0.729. The molecule has 0 unspecified atom stereocenters. The molecule has 22 heavy (non-hydrogen) atoms. The number of carbonyl (C=O) groups is 2. The van der Waals surface area contributed by atoms with Crippen molar-refractivity contribution in [2.45, 2.75) is 6.04 Å². The first-order valence-corrected chi connectivity index (χ1v) is 7.76. The van der Waals surface area contributed by atoms with Gasteiger partial charge in [0.05, 0.1) is 11.5 Å². The van der Waals surface area contributed by atoms with Crippen molar-refractivity contribution in [2.75, 3.05) is 20.3 Å². The topological polar surface area (TPSA) is 67.4 Å². The molecule has 1 heterocycles.